The van der Waals surface area contributed by atoms with Crippen LogP contribution < -0.4 is 10.6 Å². The molecule has 1 aromatic heterocycles. The Labute approximate surface area is 290 Å². The molecule has 1 aliphatic carbocycles. The van der Waals surface area contributed by atoms with E-state index in [9.17, 15) is 19.2 Å². The van der Waals surface area contributed by atoms with Crippen LogP contribution in [0, 0.1) is 11.8 Å². The molecule has 1 saturated heterocycles. The number of rotatable bonds is 14. The molecule has 0 bridgehead atoms. The Morgan fingerprint density at radius 2 is 1.53 bits per heavy atom. The first-order valence-corrected chi connectivity index (χ1v) is 18.1. The number of carbonyl (C=O) groups excluding carboxylic acids is 4. The fraction of sp³-hybridized carbons (Fsp3) is 0.513. The number of nitrogens with zero attached hydrogens (tertiary/aromatic N) is 4. The molecule has 262 valence electrons. The first kappa shape index (κ1) is 36.0. The number of ketones is 1. The van der Waals surface area contributed by atoms with E-state index in [4.69, 9.17) is 0 Å². The molecule has 5 rings (SSSR count). The van der Waals surface area contributed by atoms with Gasteiger partial charge in [0.05, 0.1) is 0 Å². The molecule has 0 radical (unpaired) electrons. The van der Waals surface area contributed by atoms with Crippen LogP contribution in [0.15, 0.2) is 66.9 Å². The van der Waals surface area contributed by atoms with Gasteiger partial charge in [0, 0.05) is 76.3 Å². The molecule has 10 heteroatoms. The number of aryl methyl sites for hydroxylation is 1. The molecule has 1 aliphatic heterocycles. The smallest absolute Gasteiger partial charge is 0.245 e. The van der Waals surface area contributed by atoms with Gasteiger partial charge in [-0.15, -0.1) is 0 Å². The standard InChI is InChI=1S/C39H52N6O4/c1-3-37(47)42-34(39(49)44-24-22-43(23-25-44)28-30-12-8-7-9-13-30)26-29-16-18-32(19-17-29)41-38(48)33(31-14-10-5-6-11-15-31)27-36(46)35-20-21-40-45(35)4-2/h7-9,12-13,16-21,31,33-34H,3-6,10-11,14-15,22-28H2,1-2H3,(H,41,48)(H,42,47)/t33-,34+/m0/s1. The van der Waals surface area contributed by atoms with Crippen LogP contribution in [0.3, 0.4) is 0 Å². The summed E-state index contributed by atoms with van der Waals surface area (Å²) in [6, 6.07) is 18.9. The van der Waals surface area contributed by atoms with E-state index in [1.54, 1.807) is 23.9 Å². The molecule has 3 aromatic rings. The summed E-state index contributed by atoms with van der Waals surface area (Å²) in [5.74, 6) is -0.695. The first-order valence-electron chi connectivity index (χ1n) is 18.1. The van der Waals surface area contributed by atoms with Gasteiger partial charge in [-0.3, -0.25) is 28.8 Å². The van der Waals surface area contributed by atoms with Gasteiger partial charge in [0.25, 0.3) is 0 Å². The number of carbonyl (C=O) groups is 4. The third-order valence-corrected chi connectivity index (χ3v) is 10.1. The molecule has 49 heavy (non-hydrogen) atoms. The number of hydrogen-bond donors (Lipinski definition) is 2. The van der Waals surface area contributed by atoms with Crippen molar-refractivity contribution in [3.8, 4) is 0 Å². The fourth-order valence-electron chi connectivity index (χ4n) is 7.19. The highest BCUT2D eigenvalue weighted by Gasteiger charge is 2.32. The van der Waals surface area contributed by atoms with Gasteiger partial charge in [-0.25, -0.2) is 0 Å². The minimum absolute atomic E-state index is 0.0541. The van der Waals surface area contributed by atoms with E-state index in [-0.39, 0.29) is 35.8 Å². The van der Waals surface area contributed by atoms with E-state index >= 15 is 0 Å². The summed E-state index contributed by atoms with van der Waals surface area (Å²) in [6.45, 7) is 7.96. The zero-order valence-corrected chi connectivity index (χ0v) is 29.1. The number of piperazine rings is 1. The van der Waals surface area contributed by atoms with E-state index < -0.39 is 12.0 Å². The summed E-state index contributed by atoms with van der Waals surface area (Å²) >= 11 is 0. The van der Waals surface area contributed by atoms with E-state index in [0.29, 0.717) is 43.9 Å². The van der Waals surface area contributed by atoms with Gasteiger partial charge in [-0.1, -0.05) is 75.1 Å². The first-order chi connectivity index (χ1) is 23.8. The van der Waals surface area contributed by atoms with E-state index in [0.717, 1.165) is 63.7 Å². The topological polar surface area (TPSA) is 117 Å². The molecule has 2 aliphatic rings. The number of aromatic nitrogens is 2. The Kier molecular flexibility index (Phi) is 13.1. The van der Waals surface area contributed by atoms with Crippen molar-refractivity contribution < 1.29 is 19.2 Å². The van der Waals surface area contributed by atoms with Crippen molar-refractivity contribution in [1.29, 1.82) is 0 Å². The number of anilines is 1. The largest absolute Gasteiger partial charge is 0.344 e. The van der Waals surface area contributed by atoms with Crippen molar-refractivity contribution in [3.63, 3.8) is 0 Å². The van der Waals surface area contributed by atoms with Crippen molar-refractivity contribution in [2.24, 2.45) is 11.8 Å². The second-order valence-electron chi connectivity index (χ2n) is 13.5. The Balaban J connectivity index is 1.21. The highest BCUT2D eigenvalue weighted by Crippen LogP contribution is 2.33. The van der Waals surface area contributed by atoms with Crippen LogP contribution in [0.2, 0.25) is 0 Å². The van der Waals surface area contributed by atoms with Crippen LogP contribution in [-0.4, -0.2) is 75.3 Å². The summed E-state index contributed by atoms with van der Waals surface area (Å²) in [4.78, 5) is 57.6. The lowest BCUT2D eigenvalue weighted by Gasteiger charge is -2.36. The maximum absolute atomic E-state index is 13.8. The van der Waals surface area contributed by atoms with Crippen molar-refractivity contribution in [1.82, 2.24) is 24.9 Å². The summed E-state index contributed by atoms with van der Waals surface area (Å²) in [6.07, 6.45) is 8.80. The lowest BCUT2D eigenvalue weighted by molar-refractivity contribution is -0.138. The zero-order valence-electron chi connectivity index (χ0n) is 29.1. The van der Waals surface area contributed by atoms with Crippen molar-refractivity contribution in [2.45, 2.75) is 90.8 Å². The quantitative estimate of drug-likeness (QED) is 0.174. The molecular formula is C39H52N6O4. The molecule has 0 unspecified atom stereocenters. The van der Waals surface area contributed by atoms with Gasteiger partial charge >= 0.3 is 0 Å². The average Bonchev–Trinajstić information content (AvgIpc) is 3.46. The molecule has 2 N–H and O–H groups in total. The maximum Gasteiger partial charge on any atom is 0.245 e. The normalized spacial score (nSPS) is 17.1. The van der Waals surface area contributed by atoms with Crippen LogP contribution in [0.25, 0.3) is 0 Å². The lowest BCUT2D eigenvalue weighted by Crippen LogP contribution is -2.55. The molecule has 2 aromatic carbocycles. The van der Waals surface area contributed by atoms with E-state index in [2.05, 4.69) is 32.8 Å². The van der Waals surface area contributed by atoms with Crippen LogP contribution in [-0.2, 0) is 33.9 Å². The molecule has 3 amide bonds. The van der Waals surface area contributed by atoms with Crippen molar-refractivity contribution in [3.05, 3.63) is 83.7 Å². The van der Waals surface area contributed by atoms with Crippen LogP contribution in [0.5, 0.6) is 0 Å². The minimum atomic E-state index is -0.671. The Hall–Kier alpha value is -4.31. The predicted octanol–water partition coefficient (Wildman–Crippen LogP) is 5.48. The Morgan fingerprint density at radius 1 is 0.837 bits per heavy atom. The number of hydrogen-bond acceptors (Lipinski definition) is 6. The summed E-state index contributed by atoms with van der Waals surface area (Å²) < 4.78 is 1.69. The molecule has 2 atom stereocenters. The van der Waals surface area contributed by atoms with Crippen LogP contribution in [0.1, 0.15) is 86.8 Å². The number of benzene rings is 2. The highest BCUT2D eigenvalue weighted by molar-refractivity contribution is 6.00. The summed E-state index contributed by atoms with van der Waals surface area (Å²) in [7, 11) is 0. The minimum Gasteiger partial charge on any atom is -0.344 e. The highest BCUT2D eigenvalue weighted by atomic mass is 16.2. The maximum atomic E-state index is 13.8. The third kappa shape index (κ3) is 10.1. The average molecular weight is 669 g/mol. The van der Waals surface area contributed by atoms with Gasteiger partial charge in [0.2, 0.25) is 17.7 Å². The van der Waals surface area contributed by atoms with Crippen LogP contribution >= 0.6 is 0 Å². The molecule has 0 spiro atoms. The molecule has 2 heterocycles. The van der Waals surface area contributed by atoms with Crippen LogP contribution in [0.4, 0.5) is 5.69 Å². The second-order valence-corrected chi connectivity index (χ2v) is 13.5. The van der Waals surface area contributed by atoms with E-state index in [1.165, 1.54) is 5.56 Å². The second kappa shape index (κ2) is 17.9. The number of Topliss-reactive ketones (excluding diaryl/α,β-unsaturated/α-hetero) is 1. The SMILES string of the molecule is CCC(=O)N[C@H](Cc1ccc(NC(=O)[C@@H](CC(=O)c2ccnn2CC)C2CCCCCC2)cc1)C(=O)N1CCN(Cc2ccccc2)CC1. The van der Waals surface area contributed by atoms with Gasteiger partial charge < -0.3 is 15.5 Å². The van der Waals surface area contributed by atoms with Gasteiger partial charge in [-0.2, -0.15) is 5.10 Å². The van der Waals surface area contributed by atoms with Gasteiger partial charge in [0.15, 0.2) is 5.78 Å². The fourth-order valence-corrected chi connectivity index (χ4v) is 7.19. The van der Waals surface area contributed by atoms with Gasteiger partial charge in [-0.05, 0) is 55.0 Å². The number of nitrogens with one attached hydrogen (secondary N) is 2. The van der Waals surface area contributed by atoms with Crippen molar-refractivity contribution in [2.75, 3.05) is 31.5 Å². The van der Waals surface area contributed by atoms with Crippen molar-refractivity contribution >= 4 is 29.2 Å². The zero-order chi connectivity index (χ0) is 34.6. The Morgan fingerprint density at radius 3 is 2.18 bits per heavy atom. The Bertz CT molecular complexity index is 1520. The summed E-state index contributed by atoms with van der Waals surface area (Å²) in [5.41, 5.74) is 3.34. The van der Waals surface area contributed by atoms with Gasteiger partial charge in [0.1, 0.15) is 11.7 Å². The summed E-state index contributed by atoms with van der Waals surface area (Å²) in [5, 5.41) is 10.3. The molecular weight excluding hydrogens is 616 g/mol. The lowest BCUT2D eigenvalue weighted by atomic mass is 9.81. The molecule has 1 saturated carbocycles. The third-order valence-electron chi connectivity index (χ3n) is 10.1. The predicted molar refractivity (Wildman–Crippen MR) is 191 cm³/mol. The number of amides is 3. The molecule has 2 fully saturated rings. The van der Waals surface area contributed by atoms with E-state index in [1.807, 2.05) is 54.3 Å². The molecule has 10 nitrogen and oxygen atoms in total. The monoisotopic (exact) mass is 668 g/mol.